The van der Waals surface area contributed by atoms with Gasteiger partial charge in [0.25, 0.3) is 0 Å². The lowest BCUT2D eigenvalue weighted by Crippen LogP contribution is -2.31. The van der Waals surface area contributed by atoms with Gasteiger partial charge in [-0.05, 0) is 24.1 Å². The molecule has 0 aliphatic carbocycles. The molecule has 0 fully saturated rings. The van der Waals surface area contributed by atoms with Gasteiger partial charge >= 0.3 is 6.30 Å². The first-order valence-corrected chi connectivity index (χ1v) is 4.70. The molecule has 0 amide bonds. The summed E-state index contributed by atoms with van der Waals surface area (Å²) in [6, 6.07) is 7.67. The topological polar surface area (TPSA) is 3.24 Å². The molecule has 0 heterocycles. The first kappa shape index (κ1) is 10.2. The third-order valence-corrected chi connectivity index (χ3v) is 2.19. The van der Waals surface area contributed by atoms with Crippen LogP contribution in [0.15, 0.2) is 30.3 Å². The fourth-order valence-corrected chi connectivity index (χ4v) is 1.46. The first-order chi connectivity index (χ1) is 6.05. The molecule has 1 aromatic rings. The minimum atomic E-state index is -4.33. The molecular formula is C8H8F3NS. The number of para-hydroxylation sites is 1. The Morgan fingerprint density at radius 3 is 2.08 bits per heavy atom. The number of benzene rings is 1. The molecule has 0 saturated heterocycles. The monoisotopic (exact) mass is 207 g/mol. The minimum absolute atomic E-state index is 0.141. The Hall–Kier alpha value is -0.840. The molecule has 0 aliphatic rings. The molecule has 0 saturated carbocycles. The number of halogens is 3. The average Bonchev–Trinajstić information content (AvgIpc) is 2.05. The molecule has 1 aromatic carbocycles. The second-order valence-electron chi connectivity index (χ2n) is 2.28. The fourth-order valence-electron chi connectivity index (χ4n) is 0.919. The van der Waals surface area contributed by atoms with Crippen molar-refractivity contribution in [1.29, 1.82) is 0 Å². The van der Waals surface area contributed by atoms with Crippen LogP contribution in [0.4, 0.5) is 18.9 Å². The molecule has 0 spiro atoms. The highest BCUT2D eigenvalue weighted by molar-refractivity contribution is 8.00. The minimum Gasteiger partial charge on any atom is -0.226 e. The van der Waals surface area contributed by atoms with E-state index in [4.69, 9.17) is 0 Å². The molecule has 0 unspecified atom stereocenters. The van der Waals surface area contributed by atoms with Gasteiger partial charge in [0.05, 0.1) is 5.69 Å². The maximum Gasteiger partial charge on any atom is 0.494 e. The summed E-state index contributed by atoms with van der Waals surface area (Å²) in [7, 11) is 0. The zero-order valence-electron chi connectivity index (χ0n) is 6.88. The normalized spacial score (nSPS) is 11.4. The third kappa shape index (κ3) is 2.55. The number of rotatable bonds is 2. The summed E-state index contributed by atoms with van der Waals surface area (Å²) in [5, 5.41) is 0. The van der Waals surface area contributed by atoms with E-state index in [1.807, 2.05) is 0 Å². The second kappa shape index (κ2) is 3.91. The number of hydrogen-bond donors (Lipinski definition) is 0. The van der Waals surface area contributed by atoms with Crippen LogP contribution in [0.25, 0.3) is 0 Å². The number of anilines is 1. The van der Waals surface area contributed by atoms with E-state index in [9.17, 15) is 13.2 Å². The van der Waals surface area contributed by atoms with Crippen LogP contribution in [0.1, 0.15) is 0 Å². The van der Waals surface area contributed by atoms with E-state index in [2.05, 4.69) is 0 Å². The molecule has 0 radical (unpaired) electrons. The maximum absolute atomic E-state index is 12.3. The molecule has 5 heteroatoms. The zero-order chi connectivity index (χ0) is 9.90. The molecule has 72 valence electrons. The molecule has 1 rings (SSSR count). The van der Waals surface area contributed by atoms with Crippen molar-refractivity contribution >= 4 is 17.6 Å². The highest BCUT2D eigenvalue weighted by atomic mass is 32.2. The summed E-state index contributed by atoms with van der Waals surface area (Å²) >= 11 is 0.638. The van der Waals surface area contributed by atoms with Gasteiger partial charge in [-0.25, -0.2) is 4.31 Å². The van der Waals surface area contributed by atoms with Crippen molar-refractivity contribution in [3.63, 3.8) is 0 Å². The summed E-state index contributed by atoms with van der Waals surface area (Å²) in [5.74, 6) is 0. The van der Waals surface area contributed by atoms with Crippen molar-refractivity contribution in [3.8, 4) is 0 Å². The highest BCUT2D eigenvalue weighted by Crippen LogP contribution is 2.33. The molecule has 0 N–H and O–H groups in total. The molecular weight excluding hydrogens is 199 g/mol. The average molecular weight is 207 g/mol. The Balaban J connectivity index is 2.92. The lowest BCUT2D eigenvalue weighted by molar-refractivity contribution is -0.114. The van der Waals surface area contributed by atoms with E-state index < -0.39 is 6.30 Å². The van der Waals surface area contributed by atoms with E-state index in [0.29, 0.717) is 16.3 Å². The molecule has 1 nitrogen and oxygen atoms in total. The van der Waals surface area contributed by atoms with Crippen LogP contribution < -0.4 is 4.31 Å². The summed E-state index contributed by atoms with van der Waals surface area (Å²) in [5.41, 5.74) is 0.141. The predicted molar refractivity (Wildman–Crippen MR) is 48.5 cm³/mol. The van der Waals surface area contributed by atoms with Crippen LogP contribution in [0.2, 0.25) is 0 Å². The maximum atomic E-state index is 12.3. The van der Waals surface area contributed by atoms with Crippen molar-refractivity contribution in [2.45, 2.75) is 6.30 Å². The summed E-state index contributed by atoms with van der Waals surface area (Å²) < 4.78 is 37.2. The smallest absolute Gasteiger partial charge is 0.226 e. The largest absolute Gasteiger partial charge is 0.494 e. The molecule has 0 aliphatic heterocycles. The first-order valence-electron chi connectivity index (χ1n) is 3.52. The van der Waals surface area contributed by atoms with Crippen molar-refractivity contribution in [2.75, 3.05) is 10.6 Å². The molecule has 0 aromatic heterocycles. The third-order valence-electron chi connectivity index (χ3n) is 1.40. The summed E-state index contributed by atoms with van der Waals surface area (Å²) in [6.45, 7) is 0. The van der Waals surface area contributed by atoms with Gasteiger partial charge in [0.15, 0.2) is 0 Å². The number of hydrogen-bond acceptors (Lipinski definition) is 2. The molecule has 0 bridgehead atoms. The molecule has 13 heavy (non-hydrogen) atoms. The summed E-state index contributed by atoms with van der Waals surface area (Å²) in [6.07, 6.45) is -2.94. The Morgan fingerprint density at radius 2 is 1.69 bits per heavy atom. The van der Waals surface area contributed by atoms with Gasteiger partial charge in [0.2, 0.25) is 0 Å². The number of nitrogens with zero attached hydrogens (tertiary/aromatic N) is 1. The lowest BCUT2D eigenvalue weighted by Gasteiger charge is -2.23. The number of alkyl halides is 3. The van der Waals surface area contributed by atoms with Crippen LogP contribution in [0.3, 0.4) is 0 Å². The standard InChI is InChI=1S/C8H8F3NS/c1-13-12(8(9,10)11)7-5-3-2-4-6-7/h2-6H,1H3. The van der Waals surface area contributed by atoms with Gasteiger partial charge in [0, 0.05) is 6.26 Å². The zero-order valence-corrected chi connectivity index (χ0v) is 7.69. The molecule has 0 atom stereocenters. The Morgan fingerprint density at radius 1 is 1.15 bits per heavy atom. The van der Waals surface area contributed by atoms with E-state index >= 15 is 0 Å². The van der Waals surface area contributed by atoms with Gasteiger partial charge < -0.3 is 0 Å². The van der Waals surface area contributed by atoms with E-state index in [1.165, 1.54) is 18.4 Å². The predicted octanol–water partition coefficient (Wildman–Crippen LogP) is 3.29. The quantitative estimate of drug-likeness (QED) is 0.540. The summed E-state index contributed by atoms with van der Waals surface area (Å²) in [4.78, 5) is 0. The van der Waals surface area contributed by atoms with Crippen molar-refractivity contribution in [3.05, 3.63) is 30.3 Å². The van der Waals surface area contributed by atoms with Crippen molar-refractivity contribution in [2.24, 2.45) is 0 Å². The van der Waals surface area contributed by atoms with Gasteiger partial charge in [-0.15, -0.1) is 13.2 Å². The van der Waals surface area contributed by atoms with E-state index in [0.717, 1.165) is 0 Å². The van der Waals surface area contributed by atoms with Gasteiger partial charge in [-0.3, -0.25) is 0 Å². The van der Waals surface area contributed by atoms with E-state index in [-0.39, 0.29) is 5.69 Å². The van der Waals surface area contributed by atoms with Crippen LogP contribution in [0, 0.1) is 0 Å². The van der Waals surface area contributed by atoms with Crippen molar-refractivity contribution in [1.82, 2.24) is 0 Å². The highest BCUT2D eigenvalue weighted by Gasteiger charge is 2.37. The van der Waals surface area contributed by atoms with Gasteiger partial charge in [-0.1, -0.05) is 18.2 Å². The van der Waals surface area contributed by atoms with Crippen LogP contribution in [0.5, 0.6) is 0 Å². The van der Waals surface area contributed by atoms with Crippen LogP contribution >= 0.6 is 11.9 Å². The van der Waals surface area contributed by atoms with Crippen LogP contribution in [-0.4, -0.2) is 12.6 Å². The lowest BCUT2D eigenvalue weighted by atomic mass is 10.3. The van der Waals surface area contributed by atoms with Gasteiger partial charge in [-0.2, -0.15) is 0 Å². The fraction of sp³-hybridized carbons (Fsp3) is 0.250. The Labute approximate surface area is 78.7 Å². The van der Waals surface area contributed by atoms with Crippen molar-refractivity contribution < 1.29 is 13.2 Å². The van der Waals surface area contributed by atoms with Crippen LogP contribution in [-0.2, 0) is 0 Å². The van der Waals surface area contributed by atoms with Gasteiger partial charge in [0.1, 0.15) is 0 Å². The second-order valence-corrected chi connectivity index (χ2v) is 3.01. The Bertz CT molecular complexity index is 260. The SMILES string of the molecule is CSN(c1ccccc1)C(F)(F)F. The Kier molecular flexibility index (Phi) is 3.08. The van der Waals surface area contributed by atoms with E-state index in [1.54, 1.807) is 18.2 Å².